The number of hydrogen-bond donors (Lipinski definition) is 1. The number of ketones is 1. The van der Waals surface area contributed by atoms with E-state index in [9.17, 15) is 9.90 Å². The van der Waals surface area contributed by atoms with Gasteiger partial charge in [-0.25, -0.2) is 0 Å². The zero-order chi connectivity index (χ0) is 18.5. The molecule has 0 saturated heterocycles. The Morgan fingerprint density at radius 1 is 1.35 bits per heavy atom. The molecule has 0 aromatic heterocycles. The third-order valence-electron chi connectivity index (χ3n) is 8.02. The average molecular weight is 377 g/mol. The summed E-state index contributed by atoms with van der Waals surface area (Å²) in [4.78, 5) is 11.9. The molecule has 0 bridgehead atoms. The lowest BCUT2D eigenvalue weighted by atomic mass is 9.51. The quantitative estimate of drug-likeness (QED) is 0.423. The first-order valence-electron chi connectivity index (χ1n) is 9.92. The van der Waals surface area contributed by atoms with E-state index in [-0.39, 0.29) is 23.5 Å². The number of ether oxygens (including phenoxy) is 1. The molecule has 4 heteroatoms. The van der Waals surface area contributed by atoms with Gasteiger partial charge in [0.25, 0.3) is 0 Å². The van der Waals surface area contributed by atoms with E-state index >= 15 is 0 Å². The summed E-state index contributed by atoms with van der Waals surface area (Å²) in [5, 5.41) is 9.21. The van der Waals surface area contributed by atoms with Crippen LogP contribution >= 0.6 is 11.6 Å². The third-order valence-corrected chi connectivity index (χ3v) is 8.23. The summed E-state index contributed by atoms with van der Waals surface area (Å²) in [6, 6.07) is 0. The van der Waals surface area contributed by atoms with Crippen molar-refractivity contribution >= 4 is 17.4 Å². The highest BCUT2D eigenvalue weighted by Crippen LogP contribution is 2.65. The van der Waals surface area contributed by atoms with Gasteiger partial charge in [-0.1, -0.05) is 42.7 Å². The molecule has 4 aliphatic carbocycles. The summed E-state index contributed by atoms with van der Waals surface area (Å²) >= 11 is 6.03. The van der Waals surface area contributed by atoms with Crippen molar-refractivity contribution < 1.29 is 14.6 Å². The second kappa shape index (κ2) is 6.53. The first-order chi connectivity index (χ1) is 12.4. The van der Waals surface area contributed by atoms with Crippen molar-refractivity contribution in [1.29, 1.82) is 0 Å². The number of aliphatic hydroxyl groups is 1. The number of aliphatic hydroxyl groups excluding tert-OH is 1. The number of carbonyl (C=O) groups excluding carboxylic acids is 1. The van der Waals surface area contributed by atoms with Crippen LogP contribution in [0.2, 0.25) is 0 Å². The minimum atomic E-state index is -0.319. The van der Waals surface area contributed by atoms with E-state index in [1.165, 1.54) is 17.5 Å². The van der Waals surface area contributed by atoms with Crippen molar-refractivity contribution in [1.82, 2.24) is 0 Å². The number of carbonyl (C=O) groups is 1. The maximum absolute atomic E-state index is 11.9. The van der Waals surface area contributed by atoms with Crippen LogP contribution in [0, 0.1) is 28.6 Å². The molecule has 0 radical (unpaired) electrons. The first-order valence-corrected chi connectivity index (χ1v) is 10.4. The van der Waals surface area contributed by atoms with Crippen molar-refractivity contribution in [2.45, 2.75) is 58.8 Å². The maximum Gasteiger partial charge on any atom is 0.186 e. The highest BCUT2D eigenvalue weighted by molar-refractivity contribution is 6.25. The summed E-state index contributed by atoms with van der Waals surface area (Å²) < 4.78 is 5.46. The Kier molecular flexibility index (Phi) is 4.60. The molecule has 4 rings (SSSR count). The number of halogens is 1. The zero-order valence-electron chi connectivity index (χ0n) is 15.8. The van der Waals surface area contributed by atoms with Crippen LogP contribution < -0.4 is 0 Å². The van der Waals surface area contributed by atoms with E-state index in [1.807, 2.05) is 6.08 Å². The molecule has 1 N–H and O–H groups in total. The number of rotatable bonds is 3. The van der Waals surface area contributed by atoms with Gasteiger partial charge in [-0.2, -0.15) is 0 Å². The van der Waals surface area contributed by atoms with Gasteiger partial charge >= 0.3 is 0 Å². The lowest BCUT2D eigenvalue weighted by molar-refractivity contribution is -0.115. The zero-order valence-corrected chi connectivity index (χ0v) is 16.5. The van der Waals surface area contributed by atoms with E-state index in [0.29, 0.717) is 24.0 Å². The van der Waals surface area contributed by atoms with E-state index < -0.39 is 0 Å². The van der Waals surface area contributed by atoms with Crippen LogP contribution in [0.4, 0.5) is 0 Å². The van der Waals surface area contributed by atoms with E-state index in [1.54, 1.807) is 5.57 Å². The fraction of sp³-hybridized carbons (Fsp3) is 0.682. The molecule has 0 amide bonds. The molecule has 26 heavy (non-hydrogen) atoms. The molecule has 2 fully saturated rings. The third kappa shape index (κ3) is 2.54. The molecule has 5 atom stereocenters. The Labute approximate surface area is 161 Å². The van der Waals surface area contributed by atoms with Crippen LogP contribution in [0.1, 0.15) is 58.8 Å². The molecule has 2 saturated carbocycles. The van der Waals surface area contributed by atoms with Gasteiger partial charge in [-0.3, -0.25) is 4.79 Å². The SMILES string of the molecule is C[C@]12CCC(=O)C=C1CC[C@@H]1C2=CC[C@]2(C)[C@@H](C(=CCl)OCO)CC[C@@H]12. The second-order valence-electron chi connectivity index (χ2n) is 9.00. The first kappa shape index (κ1) is 18.3. The lowest BCUT2D eigenvalue weighted by Gasteiger charge is -2.53. The van der Waals surface area contributed by atoms with Gasteiger partial charge in [-0.05, 0) is 61.9 Å². The van der Waals surface area contributed by atoms with Crippen LogP contribution in [0.15, 0.2) is 34.6 Å². The van der Waals surface area contributed by atoms with Crippen LogP contribution in [0.5, 0.6) is 0 Å². The van der Waals surface area contributed by atoms with Crippen molar-refractivity contribution in [3.8, 4) is 0 Å². The Morgan fingerprint density at radius 3 is 2.88 bits per heavy atom. The Hall–Kier alpha value is -1.06. The molecule has 142 valence electrons. The predicted octanol–water partition coefficient (Wildman–Crippen LogP) is 5.10. The highest BCUT2D eigenvalue weighted by Gasteiger charge is 2.56. The van der Waals surface area contributed by atoms with Gasteiger partial charge in [0.2, 0.25) is 0 Å². The average Bonchev–Trinajstić information content (AvgIpc) is 2.97. The van der Waals surface area contributed by atoms with Gasteiger partial charge in [-0.15, -0.1) is 0 Å². The largest absolute Gasteiger partial charge is 0.471 e. The normalized spacial score (nSPS) is 42.4. The second-order valence-corrected chi connectivity index (χ2v) is 9.22. The van der Waals surface area contributed by atoms with Gasteiger partial charge in [0, 0.05) is 23.3 Å². The van der Waals surface area contributed by atoms with E-state index in [2.05, 4.69) is 19.9 Å². The van der Waals surface area contributed by atoms with Crippen LogP contribution in [0.25, 0.3) is 0 Å². The smallest absolute Gasteiger partial charge is 0.186 e. The topological polar surface area (TPSA) is 46.5 Å². The standard InChI is InChI=1S/C22H29ClO3/c1-21-9-7-15(25)11-14(21)3-4-16-17-5-6-19(20(12-23)26-13-24)22(17,2)10-8-18(16)21/h8,11-12,16-17,19,24H,3-7,9-10,13H2,1-2H3/t16-,17-,19+,21-,22-/m0/s1. The van der Waals surface area contributed by atoms with Gasteiger partial charge in [0.15, 0.2) is 12.6 Å². The summed E-state index contributed by atoms with van der Waals surface area (Å²) in [6.45, 7) is 4.42. The molecular weight excluding hydrogens is 348 g/mol. The van der Waals surface area contributed by atoms with E-state index in [4.69, 9.17) is 16.3 Å². The van der Waals surface area contributed by atoms with Crippen molar-refractivity contribution in [3.05, 3.63) is 34.6 Å². The van der Waals surface area contributed by atoms with Crippen LogP contribution in [0.3, 0.4) is 0 Å². The molecular formula is C22H29ClO3. The van der Waals surface area contributed by atoms with E-state index in [0.717, 1.165) is 37.9 Å². The number of allylic oxidation sites excluding steroid dienone is 5. The number of fused-ring (bicyclic) bond motifs is 5. The molecule has 4 aliphatic rings. The molecule has 0 aromatic carbocycles. The lowest BCUT2D eigenvalue weighted by Crippen LogP contribution is -2.44. The summed E-state index contributed by atoms with van der Waals surface area (Å²) in [6.07, 6.45) is 11.5. The van der Waals surface area contributed by atoms with Crippen LogP contribution in [-0.2, 0) is 9.53 Å². The number of hydrogen-bond acceptors (Lipinski definition) is 3. The van der Waals surface area contributed by atoms with Crippen molar-refractivity contribution in [2.24, 2.45) is 28.6 Å². The van der Waals surface area contributed by atoms with Crippen LogP contribution in [-0.4, -0.2) is 17.7 Å². The molecule has 0 aliphatic heterocycles. The fourth-order valence-electron chi connectivity index (χ4n) is 6.61. The predicted molar refractivity (Wildman–Crippen MR) is 102 cm³/mol. The molecule has 0 spiro atoms. The summed E-state index contributed by atoms with van der Waals surface area (Å²) in [5.74, 6) is 2.53. The molecule has 0 unspecified atom stereocenters. The van der Waals surface area contributed by atoms with Crippen molar-refractivity contribution in [3.63, 3.8) is 0 Å². The Balaban J connectivity index is 1.69. The van der Waals surface area contributed by atoms with Gasteiger partial charge < -0.3 is 9.84 Å². The fourth-order valence-corrected chi connectivity index (χ4v) is 6.82. The Bertz CT molecular complexity index is 706. The summed E-state index contributed by atoms with van der Waals surface area (Å²) in [7, 11) is 0. The minimum absolute atomic E-state index is 0.0863. The summed E-state index contributed by atoms with van der Waals surface area (Å²) in [5.41, 5.74) is 4.68. The Morgan fingerprint density at radius 2 is 2.15 bits per heavy atom. The molecule has 0 aromatic rings. The van der Waals surface area contributed by atoms with Crippen molar-refractivity contribution in [2.75, 3.05) is 6.79 Å². The minimum Gasteiger partial charge on any atom is -0.471 e. The molecule has 3 nitrogen and oxygen atoms in total. The highest BCUT2D eigenvalue weighted by atomic mass is 35.5. The molecule has 0 heterocycles. The monoisotopic (exact) mass is 376 g/mol. The van der Waals surface area contributed by atoms with Gasteiger partial charge in [0.05, 0.1) is 0 Å². The maximum atomic E-state index is 11.9. The van der Waals surface area contributed by atoms with Gasteiger partial charge in [0.1, 0.15) is 5.76 Å².